The molecule has 3 N–H and O–H groups in total. The summed E-state index contributed by atoms with van der Waals surface area (Å²) in [5.74, 6) is 0.433. The van der Waals surface area contributed by atoms with E-state index in [4.69, 9.17) is 5.14 Å². The number of imidazole rings is 1. The van der Waals surface area contributed by atoms with E-state index < -0.39 is 10.0 Å². The second-order valence-corrected chi connectivity index (χ2v) is 9.27. The Bertz CT molecular complexity index is 1140. The van der Waals surface area contributed by atoms with Gasteiger partial charge in [-0.05, 0) is 41.8 Å². The van der Waals surface area contributed by atoms with Crippen LogP contribution in [0.5, 0.6) is 0 Å². The molecular formula is C19H22N4O3S2. The molecule has 7 nitrogen and oxygen atoms in total. The molecule has 28 heavy (non-hydrogen) atoms. The Morgan fingerprint density at radius 2 is 2.00 bits per heavy atom. The second kappa shape index (κ2) is 7.94. The topological polar surface area (TPSA) is 107 Å². The van der Waals surface area contributed by atoms with Crippen molar-refractivity contribution in [3.63, 3.8) is 0 Å². The molecule has 3 aromatic rings. The number of carbonyl (C=O) groups excluding carboxylic acids is 1. The fourth-order valence-electron chi connectivity index (χ4n) is 2.77. The van der Waals surface area contributed by atoms with Gasteiger partial charge < -0.3 is 9.88 Å². The lowest BCUT2D eigenvalue weighted by Gasteiger charge is -2.09. The third-order valence-corrected chi connectivity index (χ3v) is 6.25. The number of amides is 1. The van der Waals surface area contributed by atoms with E-state index in [1.54, 1.807) is 6.07 Å². The van der Waals surface area contributed by atoms with Gasteiger partial charge in [0.15, 0.2) is 5.16 Å². The molecule has 3 rings (SSSR count). The molecular weight excluding hydrogens is 396 g/mol. The van der Waals surface area contributed by atoms with Crippen LogP contribution in [0.2, 0.25) is 0 Å². The van der Waals surface area contributed by atoms with Crippen LogP contribution in [0.4, 0.5) is 5.69 Å². The minimum absolute atomic E-state index is 0.0115. The summed E-state index contributed by atoms with van der Waals surface area (Å²) in [4.78, 5) is 16.8. The maximum absolute atomic E-state index is 12.3. The quantitative estimate of drug-likeness (QED) is 0.598. The van der Waals surface area contributed by atoms with E-state index in [9.17, 15) is 13.2 Å². The van der Waals surface area contributed by atoms with E-state index in [1.807, 2.05) is 35.9 Å². The number of nitrogens with one attached hydrogen (secondary N) is 1. The summed E-state index contributed by atoms with van der Waals surface area (Å²) in [5.41, 5.74) is 3.20. The number of aryl methyl sites for hydroxylation is 1. The Kier molecular flexibility index (Phi) is 5.78. The number of nitrogens with two attached hydrogens (primary N) is 1. The molecule has 0 radical (unpaired) electrons. The van der Waals surface area contributed by atoms with Crippen LogP contribution in [0.3, 0.4) is 0 Å². The summed E-state index contributed by atoms with van der Waals surface area (Å²) in [5, 5.41) is 8.69. The zero-order chi connectivity index (χ0) is 20.5. The minimum atomic E-state index is -3.79. The van der Waals surface area contributed by atoms with Crippen molar-refractivity contribution in [2.45, 2.75) is 29.8 Å². The number of rotatable bonds is 6. The monoisotopic (exact) mass is 418 g/mol. The van der Waals surface area contributed by atoms with Gasteiger partial charge in [0.1, 0.15) is 0 Å². The summed E-state index contributed by atoms with van der Waals surface area (Å²) in [6, 6.07) is 12.3. The van der Waals surface area contributed by atoms with Gasteiger partial charge >= 0.3 is 0 Å². The van der Waals surface area contributed by atoms with Gasteiger partial charge in [-0.1, -0.05) is 37.7 Å². The first-order valence-electron chi connectivity index (χ1n) is 8.67. The van der Waals surface area contributed by atoms with Crippen molar-refractivity contribution in [3.8, 4) is 0 Å². The molecule has 2 aromatic carbocycles. The fraction of sp³-hybridized carbons (Fsp3) is 0.263. The maximum atomic E-state index is 12.3. The molecule has 0 aliphatic rings. The molecule has 0 saturated heterocycles. The first kappa shape index (κ1) is 20.4. The zero-order valence-corrected chi connectivity index (χ0v) is 17.5. The Labute approximate surface area is 168 Å². The summed E-state index contributed by atoms with van der Waals surface area (Å²) in [6.07, 6.45) is 0. The number of hydrogen-bond donors (Lipinski definition) is 2. The van der Waals surface area contributed by atoms with Gasteiger partial charge in [0.2, 0.25) is 15.9 Å². The van der Waals surface area contributed by atoms with Crippen molar-refractivity contribution in [3.05, 3.63) is 48.0 Å². The highest BCUT2D eigenvalue weighted by atomic mass is 32.2. The van der Waals surface area contributed by atoms with Gasteiger partial charge in [-0.25, -0.2) is 18.5 Å². The number of nitrogens with zero attached hydrogens (tertiary/aromatic N) is 2. The van der Waals surface area contributed by atoms with Gasteiger partial charge in [0, 0.05) is 12.7 Å². The van der Waals surface area contributed by atoms with Crippen LogP contribution in [-0.4, -0.2) is 29.6 Å². The lowest BCUT2D eigenvalue weighted by atomic mass is 10.0. The number of anilines is 1. The first-order valence-corrected chi connectivity index (χ1v) is 11.2. The SMILES string of the molecule is CC(C)c1cccc(NC(=O)CSc2nc3cc(S(N)(=O)=O)ccc3n2C)c1. The van der Waals surface area contributed by atoms with Crippen molar-refractivity contribution < 1.29 is 13.2 Å². The summed E-state index contributed by atoms with van der Waals surface area (Å²) in [7, 11) is -1.97. The molecule has 0 atom stereocenters. The van der Waals surface area contributed by atoms with E-state index in [1.165, 1.54) is 23.9 Å². The molecule has 0 saturated carbocycles. The third kappa shape index (κ3) is 4.54. The van der Waals surface area contributed by atoms with Crippen LogP contribution < -0.4 is 10.5 Å². The lowest BCUT2D eigenvalue weighted by molar-refractivity contribution is -0.113. The Morgan fingerprint density at radius 1 is 1.25 bits per heavy atom. The number of thioether (sulfide) groups is 1. The predicted molar refractivity (Wildman–Crippen MR) is 112 cm³/mol. The number of primary sulfonamides is 1. The Hall–Kier alpha value is -2.36. The highest BCUT2D eigenvalue weighted by molar-refractivity contribution is 7.99. The molecule has 0 spiro atoms. The molecule has 0 fully saturated rings. The van der Waals surface area contributed by atoms with Crippen molar-refractivity contribution in [2.75, 3.05) is 11.1 Å². The molecule has 148 valence electrons. The third-order valence-electron chi connectivity index (χ3n) is 4.31. The number of aromatic nitrogens is 2. The number of sulfonamides is 1. The van der Waals surface area contributed by atoms with Crippen molar-refractivity contribution >= 4 is 44.4 Å². The average Bonchev–Trinajstić information content (AvgIpc) is 2.95. The van der Waals surface area contributed by atoms with Crippen molar-refractivity contribution in [2.24, 2.45) is 12.2 Å². The molecule has 9 heteroatoms. The van der Waals surface area contributed by atoms with Crippen LogP contribution in [-0.2, 0) is 21.9 Å². The maximum Gasteiger partial charge on any atom is 0.238 e. The second-order valence-electron chi connectivity index (χ2n) is 6.77. The van der Waals surface area contributed by atoms with Gasteiger partial charge in [-0.15, -0.1) is 0 Å². The van der Waals surface area contributed by atoms with Crippen LogP contribution in [0, 0.1) is 0 Å². The smallest absolute Gasteiger partial charge is 0.238 e. The molecule has 1 aromatic heterocycles. The molecule has 0 bridgehead atoms. The molecule has 0 unspecified atom stereocenters. The minimum Gasteiger partial charge on any atom is -0.325 e. The highest BCUT2D eigenvalue weighted by Crippen LogP contribution is 2.25. The Balaban J connectivity index is 1.72. The van der Waals surface area contributed by atoms with Crippen LogP contribution >= 0.6 is 11.8 Å². The highest BCUT2D eigenvalue weighted by Gasteiger charge is 2.14. The summed E-state index contributed by atoms with van der Waals surface area (Å²) in [6.45, 7) is 4.20. The summed E-state index contributed by atoms with van der Waals surface area (Å²) >= 11 is 1.28. The molecule has 1 amide bonds. The van der Waals surface area contributed by atoms with E-state index in [-0.39, 0.29) is 16.6 Å². The van der Waals surface area contributed by atoms with Crippen LogP contribution in [0.1, 0.15) is 25.3 Å². The lowest BCUT2D eigenvalue weighted by Crippen LogP contribution is -2.14. The normalized spacial score (nSPS) is 11.9. The van der Waals surface area contributed by atoms with Crippen molar-refractivity contribution in [1.82, 2.24) is 9.55 Å². The number of hydrogen-bond acceptors (Lipinski definition) is 5. The van der Waals surface area contributed by atoms with Gasteiger partial charge in [-0.2, -0.15) is 0 Å². The van der Waals surface area contributed by atoms with Gasteiger partial charge in [0.25, 0.3) is 0 Å². The Morgan fingerprint density at radius 3 is 2.68 bits per heavy atom. The van der Waals surface area contributed by atoms with Gasteiger partial charge in [0.05, 0.1) is 21.7 Å². The zero-order valence-electron chi connectivity index (χ0n) is 15.8. The van der Waals surface area contributed by atoms with E-state index in [0.29, 0.717) is 16.6 Å². The van der Waals surface area contributed by atoms with Crippen molar-refractivity contribution in [1.29, 1.82) is 0 Å². The standard InChI is InChI=1S/C19H22N4O3S2/c1-12(2)13-5-4-6-14(9-13)21-18(24)11-27-19-22-16-10-15(28(20,25)26)7-8-17(16)23(19)3/h4-10,12H,11H2,1-3H3,(H,21,24)(H2,20,25,26). The van der Waals surface area contributed by atoms with Gasteiger partial charge in [-0.3, -0.25) is 4.79 Å². The van der Waals surface area contributed by atoms with Crippen LogP contribution in [0.15, 0.2) is 52.5 Å². The largest absolute Gasteiger partial charge is 0.325 e. The molecule has 1 heterocycles. The first-order chi connectivity index (χ1) is 13.1. The fourth-order valence-corrected chi connectivity index (χ4v) is 4.09. The van der Waals surface area contributed by atoms with E-state index in [0.717, 1.165) is 16.8 Å². The number of benzene rings is 2. The summed E-state index contributed by atoms with van der Waals surface area (Å²) < 4.78 is 24.8. The average molecular weight is 419 g/mol. The molecule has 0 aliphatic heterocycles. The van der Waals surface area contributed by atoms with E-state index in [2.05, 4.69) is 24.1 Å². The molecule has 0 aliphatic carbocycles. The van der Waals surface area contributed by atoms with E-state index >= 15 is 0 Å². The number of carbonyl (C=O) groups is 1. The number of fused-ring (bicyclic) bond motifs is 1. The predicted octanol–water partition coefficient (Wildman–Crippen LogP) is 3.07. The van der Waals surface area contributed by atoms with Crippen LogP contribution in [0.25, 0.3) is 11.0 Å².